The first-order chi connectivity index (χ1) is 9.57. The van der Waals surface area contributed by atoms with Crippen molar-refractivity contribution in [3.63, 3.8) is 0 Å². The minimum Gasteiger partial charge on any atom is -0.0654 e. The molecule has 0 fully saturated rings. The normalized spacial score (nSPS) is 12.9. The Morgan fingerprint density at radius 2 is 0.850 bits per heavy atom. The molecule has 0 bridgehead atoms. The Balaban J connectivity index is 4.46. The van der Waals surface area contributed by atoms with Crippen LogP contribution in [0, 0.1) is 10.8 Å². The number of rotatable bonds is 13. The average molecular weight is 283 g/mol. The summed E-state index contributed by atoms with van der Waals surface area (Å²) >= 11 is 0. The Hall–Kier alpha value is 0. The van der Waals surface area contributed by atoms with Crippen LogP contribution in [0.1, 0.15) is 119 Å². The van der Waals surface area contributed by atoms with Gasteiger partial charge in [-0.3, -0.25) is 0 Å². The second-order valence-electron chi connectivity index (χ2n) is 7.12. The summed E-state index contributed by atoms with van der Waals surface area (Å²) in [5.74, 6) is 0. The molecule has 0 heteroatoms. The van der Waals surface area contributed by atoms with Crippen LogP contribution in [0.15, 0.2) is 0 Å². The van der Waals surface area contributed by atoms with Crippen molar-refractivity contribution in [3.05, 3.63) is 0 Å². The molecular formula is C20H42. The van der Waals surface area contributed by atoms with Crippen molar-refractivity contribution in [1.82, 2.24) is 0 Å². The zero-order chi connectivity index (χ0) is 15.5. The van der Waals surface area contributed by atoms with Crippen LogP contribution in [0.2, 0.25) is 0 Å². The van der Waals surface area contributed by atoms with E-state index in [0.29, 0.717) is 10.8 Å². The summed E-state index contributed by atoms with van der Waals surface area (Å²) in [6.45, 7) is 14.3. The zero-order valence-electron chi connectivity index (χ0n) is 15.5. The lowest BCUT2D eigenvalue weighted by Gasteiger charge is -2.36. The molecular weight excluding hydrogens is 240 g/mol. The quantitative estimate of drug-likeness (QED) is 0.324. The number of hydrogen-bond donors (Lipinski definition) is 0. The Bertz CT molecular complexity index is 208. The molecule has 0 amide bonds. The molecule has 0 aliphatic carbocycles. The highest BCUT2D eigenvalue weighted by Gasteiger charge is 2.28. The third-order valence-corrected chi connectivity index (χ3v) is 6.26. The maximum Gasteiger partial charge on any atom is -0.0303 e. The van der Waals surface area contributed by atoms with Crippen molar-refractivity contribution in [2.45, 2.75) is 119 Å². The van der Waals surface area contributed by atoms with E-state index in [1.807, 2.05) is 0 Å². The first kappa shape index (κ1) is 20.0. The molecule has 122 valence electrons. The fourth-order valence-electron chi connectivity index (χ4n) is 4.08. The van der Waals surface area contributed by atoms with E-state index in [1.165, 1.54) is 77.0 Å². The van der Waals surface area contributed by atoms with Gasteiger partial charge in [-0.2, -0.15) is 0 Å². The second kappa shape index (κ2) is 10.7. The molecule has 0 rings (SSSR count). The summed E-state index contributed by atoms with van der Waals surface area (Å²) in [5.41, 5.74) is 1.29. The standard InChI is InChI=1S/C20H42/c1-7-13-16-20(11-5,12-6)18-14-17-19(9-3,10-4)15-8-2/h7-18H2,1-6H3. The Morgan fingerprint density at radius 3 is 1.20 bits per heavy atom. The van der Waals surface area contributed by atoms with Gasteiger partial charge in [0.15, 0.2) is 0 Å². The van der Waals surface area contributed by atoms with Gasteiger partial charge in [0.25, 0.3) is 0 Å². The van der Waals surface area contributed by atoms with Crippen molar-refractivity contribution in [1.29, 1.82) is 0 Å². The van der Waals surface area contributed by atoms with E-state index < -0.39 is 0 Å². The van der Waals surface area contributed by atoms with E-state index in [9.17, 15) is 0 Å². The summed E-state index contributed by atoms with van der Waals surface area (Å²) in [6, 6.07) is 0. The molecule has 0 atom stereocenters. The Kier molecular flexibility index (Phi) is 10.7. The summed E-state index contributed by atoms with van der Waals surface area (Å²) < 4.78 is 0. The smallest absolute Gasteiger partial charge is 0.0303 e. The lowest BCUT2D eigenvalue weighted by atomic mass is 9.70. The highest BCUT2D eigenvalue weighted by atomic mass is 14.3. The summed E-state index contributed by atoms with van der Waals surface area (Å²) in [6.07, 6.45) is 16.9. The molecule has 0 aromatic carbocycles. The van der Waals surface area contributed by atoms with Gasteiger partial charge in [0.1, 0.15) is 0 Å². The fraction of sp³-hybridized carbons (Fsp3) is 1.00. The summed E-state index contributed by atoms with van der Waals surface area (Å²) in [5, 5.41) is 0. The van der Waals surface area contributed by atoms with Gasteiger partial charge in [0, 0.05) is 0 Å². The minimum absolute atomic E-state index is 0.646. The van der Waals surface area contributed by atoms with Crippen LogP contribution >= 0.6 is 0 Å². The van der Waals surface area contributed by atoms with E-state index in [2.05, 4.69) is 41.5 Å². The Morgan fingerprint density at radius 1 is 0.450 bits per heavy atom. The van der Waals surface area contributed by atoms with Crippen molar-refractivity contribution in [2.24, 2.45) is 10.8 Å². The van der Waals surface area contributed by atoms with Gasteiger partial charge in [0.2, 0.25) is 0 Å². The predicted octanol–water partition coefficient (Wildman–Crippen LogP) is 7.76. The fourth-order valence-corrected chi connectivity index (χ4v) is 4.08. The van der Waals surface area contributed by atoms with Gasteiger partial charge >= 0.3 is 0 Å². The molecule has 0 spiro atoms. The lowest BCUT2D eigenvalue weighted by Crippen LogP contribution is -2.22. The molecule has 0 heterocycles. The molecule has 0 aromatic heterocycles. The molecule has 20 heavy (non-hydrogen) atoms. The van der Waals surface area contributed by atoms with Crippen molar-refractivity contribution in [2.75, 3.05) is 0 Å². The SMILES string of the molecule is CCCCC(CC)(CC)CCCC(CC)(CC)CCC. The highest BCUT2D eigenvalue weighted by molar-refractivity contribution is 4.81. The van der Waals surface area contributed by atoms with Gasteiger partial charge in [-0.1, -0.05) is 92.9 Å². The third-order valence-electron chi connectivity index (χ3n) is 6.26. The maximum atomic E-state index is 2.41. The predicted molar refractivity (Wildman–Crippen MR) is 94.3 cm³/mol. The lowest BCUT2D eigenvalue weighted by molar-refractivity contribution is 0.163. The van der Waals surface area contributed by atoms with Gasteiger partial charge in [-0.15, -0.1) is 0 Å². The van der Waals surface area contributed by atoms with Crippen molar-refractivity contribution < 1.29 is 0 Å². The van der Waals surface area contributed by atoms with E-state index in [4.69, 9.17) is 0 Å². The van der Waals surface area contributed by atoms with Crippen LogP contribution in [0.3, 0.4) is 0 Å². The molecule has 0 N–H and O–H groups in total. The number of hydrogen-bond acceptors (Lipinski definition) is 0. The molecule has 0 saturated heterocycles. The highest BCUT2D eigenvalue weighted by Crippen LogP contribution is 2.42. The van der Waals surface area contributed by atoms with Crippen molar-refractivity contribution >= 4 is 0 Å². The Labute approximate surface area is 130 Å². The van der Waals surface area contributed by atoms with Gasteiger partial charge in [-0.05, 0) is 36.5 Å². The molecule has 0 aromatic rings. The van der Waals surface area contributed by atoms with Crippen LogP contribution in [0.25, 0.3) is 0 Å². The summed E-state index contributed by atoms with van der Waals surface area (Å²) in [4.78, 5) is 0. The molecule has 0 aliphatic rings. The molecule has 0 aliphatic heterocycles. The van der Waals surface area contributed by atoms with E-state index in [0.717, 1.165) is 0 Å². The topological polar surface area (TPSA) is 0 Å². The third kappa shape index (κ3) is 6.19. The second-order valence-corrected chi connectivity index (χ2v) is 7.12. The monoisotopic (exact) mass is 282 g/mol. The minimum atomic E-state index is 0.646. The van der Waals surface area contributed by atoms with Gasteiger partial charge in [-0.25, -0.2) is 0 Å². The zero-order valence-corrected chi connectivity index (χ0v) is 15.5. The first-order valence-corrected chi connectivity index (χ1v) is 9.57. The van der Waals surface area contributed by atoms with Gasteiger partial charge < -0.3 is 0 Å². The average Bonchev–Trinajstić information content (AvgIpc) is 2.50. The van der Waals surface area contributed by atoms with Crippen LogP contribution in [0.4, 0.5) is 0 Å². The maximum absolute atomic E-state index is 2.41. The van der Waals surface area contributed by atoms with E-state index in [1.54, 1.807) is 0 Å². The molecule has 0 nitrogen and oxygen atoms in total. The van der Waals surface area contributed by atoms with Crippen LogP contribution in [-0.2, 0) is 0 Å². The largest absolute Gasteiger partial charge is 0.0654 e. The van der Waals surface area contributed by atoms with Crippen LogP contribution in [0.5, 0.6) is 0 Å². The molecule has 0 unspecified atom stereocenters. The van der Waals surface area contributed by atoms with Crippen LogP contribution in [-0.4, -0.2) is 0 Å². The van der Waals surface area contributed by atoms with E-state index >= 15 is 0 Å². The van der Waals surface area contributed by atoms with Crippen molar-refractivity contribution in [3.8, 4) is 0 Å². The summed E-state index contributed by atoms with van der Waals surface area (Å²) in [7, 11) is 0. The first-order valence-electron chi connectivity index (χ1n) is 9.57. The van der Waals surface area contributed by atoms with E-state index in [-0.39, 0.29) is 0 Å². The molecule has 0 radical (unpaired) electrons. The molecule has 0 saturated carbocycles. The van der Waals surface area contributed by atoms with Gasteiger partial charge in [0.05, 0.1) is 0 Å². The van der Waals surface area contributed by atoms with Crippen LogP contribution < -0.4 is 0 Å². The number of unbranched alkanes of at least 4 members (excludes halogenated alkanes) is 1.